The lowest BCUT2D eigenvalue weighted by atomic mass is 10.2. The number of alkyl halides is 1. The first-order valence-corrected chi connectivity index (χ1v) is 5.02. The molecule has 0 saturated heterocycles. The Kier molecular flexibility index (Phi) is 6.08. The number of hydroxylamine groups is 1. The molecule has 0 aromatic carbocycles. The Hall–Kier alpha value is -0.280. The molecule has 0 fully saturated rings. The fraction of sp³-hybridized carbons (Fsp3) is 0.889. The molecule has 78 valence electrons. The number of rotatable bonds is 5. The highest BCUT2D eigenvalue weighted by molar-refractivity contribution is 6.17. The maximum atomic E-state index is 11.1. The predicted octanol–water partition coefficient (Wildman–Crippen LogP) is 2.24. The van der Waals surface area contributed by atoms with Gasteiger partial charge in [-0.3, -0.25) is 9.63 Å². The first-order chi connectivity index (χ1) is 5.95. The summed E-state index contributed by atoms with van der Waals surface area (Å²) in [5.74, 6) is 0.521. The molecule has 0 spiro atoms. The maximum Gasteiger partial charge on any atom is 0.243 e. The highest BCUT2D eigenvalue weighted by Gasteiger charge is 2.12. The molecule has 0 unspecified atom stereocenters. The average Bonchev–Trinajstić information content (AvgIpc) is 2.00. The second-order valence-corrected chi connectivity index (χ2v) is 4.26. The summed E-state index contributed by atoms with van der Waals surface area (Å²) in [6, 6.07) is 0. The molecule has 0 saturated carbocycles. The average molecular weight is 208 g/mol. The topological polar surface area (TPSA) is 38.3 Å². The monoisotopic (exact) mass is 207 g/mol. The number of halogens is 1. The van der Waals surface area contributed by atoms with Crippen molar-refractivity contribution in [2.45, 2.75) is 45.6 Å². The SMILES string of the molecule is CC(C)(C)ONC(=O)CCCCCl. The van der Waals surface area contributed by atoms with Gasteiger partial charge in [0.15, 0.2) is 0 Å². The summed E-state index contributed by atoms with van der Waals surface area (Å²) in [5.41, 5.74) is 2.07. The molecular formula is C9H18ClNO2. The lowest BCUT2D eigenvalue weighted by molar-refractivity contribution is -0.145. The van der Waals surface area contributed by atoms with Crippen molar-refractivity contribution in [3.63, 3.8) is 0 Å². The molecule has 0 radical (unpaired) electrons. The van der Waals surface area contributed by atoms with Gasteiger partial charge in [0.2, 0.25) is 5.91 Å². The first kappa shape index (κ1) is 12.7. The zero-order valence-corrected chi connectivity index (χ0v) is 9.28. The Morgan fingerprint density at radius 2 is 2.00 bits per heavy atom. The lowest BCUT2D eigenvalue weighted by Gasteiger charge is -2.18. The number of carbonyl (C=O) groups is 1. The third-order valence-electron chi connectivity index (χ3n) is 1.26. The number of nitrogens with one attached hydrogen (secondary N) is 1. The summed E-state index contributed by atoms with van der Waals surface area (Å²) in [4.78, 5) is 16.2. The van der Waals surface area contributed by atoms with Gasteiger partial charge in [0.1, 0.15) is 0 Å². The van der Waals surface area contributed by atoms with E-state index in [1.165, 1.54) is 0 Å². The van der Waals surface area contributed by atoms with Gasteiger partial charge in [-0.05, 0) is 33.6 Å². The minimum atomic E-state index is -0.331. The molecule has 0 aromatic heterocycles. The molecule has 1 N–H and O–H groups in total. The summed E-state index contributed by atoms with van der Waals surface area (Å²) in [7, 11) is 0. The van der Waals surface area contributed by atoms with E-state index in [1.54, 1.807) is 0 Å². The zero-order valence-electron chi connectivity index (χ0n) is 8.52. The van der Waals surface area contributed by atoms with Crippen molar-refractivity contribution in [3.8, 4) is 0 Å². The molecule has 0 aromatic rings. The van der Waals surface area contributed by atoms with Crippen LogP contribution in [0.3, 0.4) is 0 Å². The fourth-order valence-corrected chi connectivity index (χ4v) is 0.830. The maximum absolute atomic E-state index is 11.1. The summed E-state index contributed by atoms with van der Waals surface area (Å²) >= 11 is 5.47. The second kappa shape index (κ2) is 6.22. The van der Waals surface area contributed by atoms with Crippen LogP contribution in [0.2, 0.25) is 0 Å². The van der Waals surface area contributed by atoms with Crippen molar-refractivity contribution in [1.29, 1.82) is 0 Å². The van der Waals surface area contributed by atoms with Crippen LogP contribution in [0.5, 0.6) is 0 Å². The van der Waals surface area contributed by atoms with E-state index in [9.17, 15) is 4.79 Å². The van der Waals surface area contributed by atoms with Crippen LogP contribution in [0.4, 0.5) is 0 Å². The van der Waals surface area contributed by atoms with Gasteiger partial charge in [-0.1, -0.05) is 0 Å². The van der Waals surface area contributed by atoms with Crippen molar-refractivity contribution in [2.24, 2.45) is 0 Å². The number of carbonyl (C=O) groups excluding carboxylic acids is 1. The van der Waals surface area contributed by atoms with Crippen molar-refractivity contribution in [2.75, 3.05) is 5.88 Å². The van der Waals surface area contributed by atoms with E-state index in [1.807, 2.05) is 20.8 Å². The molecule has 0 bridgehead atoms. The Morgan fingerprint density at radius 1 is 1.38 bits per heavy atom. The largest absolute Gasteiger partial charge is 0.273 e. The van der Waals surface area contributed by atoms with Gasteiger partial charge in [0.25, 0.3) is 0 Å². The quantitative estimate of drug-likeness (QED) is 0.427. The van der Waals surface area contributed by atoms with Crippen LogP contribution < -0.4 is 5.48 Å². The third kappa shape index (κ3) is 9.64. The minimum Gasteiger partial charge on any atom is -0.273 e. The summed E-state index contributed by atoms with van der Waals surface area (Å²) in [6.45, 7) is 5.64. The molecule has 3 nitrogen and oxygen atoms in total. The molecule has 1 amide bonds. The van der Waals surface area contributed by atoms with Gasteiger partial charge < -0.3 is 0 Å². The van der Waals surface area contributed by atoms with E-state index in [4.69, 9.17) is 16.4 Å². The van der Waals surface area contributed by atoms with Crippen LogP contribution >= 0.6 is 11.6 Å². The van der Waals surface area contributed by atoms with Gasteiger partial charge in [-0.25, -0.2) is 5.48 Å². The van der Waals surface area contributed by atoms with Crippen LogP contribution in [-0.2, 0) is 9.63 Å². The Bertz CT molecular complexity index is 154. The van der Waals surface area contributed by atoms with Gasteiger partial charge in [0.05, 0.1) is 5.60 Å². The Labute approximate surface area is 84.7 Å². The van der Waals surface area contributed by atoms with Crippen molar-refractivity contribution >= 4 is 17.5 Å². The van der Waals surface area contributed by atoms with Crippen molar-refractivity contribution in [3.05, 3.63) is 0 Å². The minimum absolute atomic E-state index is 0.0833. The van der Waals surface area contributed by atoms with E-state index < -0.39 is 0 Å². The summed E-state index contributed by atoms with van der Waals surface area (Å²) in [6.07, 6.45) is 2.15. The van der Waals surface area contributed by atoms with Gasteiger partial charge >= 0.3 is 0 Å². The van der Waals surface area contributed by atoms with Crippen molar-refractivity contribution < 1.29 is 9.63 Å². The van der Waals surface area contributed by atoms with Crippen molar-refractivity contribution in [1.82, 2.24) is 5.48 Å². The van der Waals surface area contributed by atoms with Crippen LogP contribution in [0.15, 0.2) is 0 Å². The molecule has 13 heavy (non-hydrogen) atoms. The van der Waals surface area contributed by atoms with Gasteiger partial charge in [-0.15, -0.1) is 11.6 Å². The molecule has 0 atom stereocenters. The second-order valence-electron chi connectivity index (χ2n) is 3.89. The zero-order chi connectivity index (χ0) is 10.3. The smallest absolute Gasteiger partial charge is 0.243 e. The van der Waals surface area contributed by atoms with E-state index in [-0.39, 0.29) is 11.5 Å². The van der Waals surface area contributed by atoms with Gasteiger partial charge in [0, 0.05) is 12.3 Å². The first-order valence-electron chi connectivity index (χ1n) is 4.48. The van der Waals surface area contributed by atoms with E-state index in [2.05, 4.69) is 5.48 Å². The third-order valence-corrected chi connectivity index (χ3v) is 1.53. The summed E-state index contributed by atoms with van der Waals surface area (Å²) < 4.78 is 0. The highest BCUT2D eigenvalue weighted by atomic mass is 35.5. The molecule has 0 heterocycles. The van der Waals surface area contributed by atoms with Crippen LogP contribution in [0.25, 0.3) is 0 Å². The van der Waals surface area contributed by atoms with Crippen LogP contribution in [0, 0.1) is 0 Å². The molecule has 0 aliphatic heterocycles. The molecular weight excluding hydrogens is 190 g/mol. The van der Waals surface area contributed by atoms with E-state index in [0.717, 1.165) is 12.8 Å². The molecule has 4 heteroatoms. The Morgan fingerprint density at radius 3 is 2.46 bits per heavy atom. The summed E-state index contributed by atoms with van der Waals surface area (Å²) in [5, 5.41) is 0. The number of amides is 1. The number of hydrogen-bond donors (Lipinski definition) is 1. The predicted molar refractivity (Wildman–Crippen MR) is 53.6 cm³/mol. The highest BCUT2D eigenvalue weighted by Crippen LogP contribution is 2.04. The van der Waals surface area contributed by atoms with Crippen LogP contribution in [-0.4, -0.2) is 17.4 Å². The number of unbranched alkanes of at least 4 members (excludes halogenated alkanes) is 1. The molecule has 0 aliphatic carbocycles. The molecule has 0 rings (SSSR count). The lowest BCUT2D eigenvalue weighted by Crippen LogP contribution is -2.33. The van der Waals surface area contributed by atoms with Crippen LogP contribution in [0.1, 0.15) is 40.0 Å². The Balaban J connectivity index is 3.41. The van der Waals surface area contributed by atoms with E-state index >= 15 is 0 Å². The normalized spacial score (nSPS) is 11.4. The van der Waals surface area contributed by atoms with Gasteiger partial charge in [-0.2, -0.15) is 0 Å². The molecule has 0 aliphatic rings. The van der Waals surface area contributed by atoms with E-state index in [0.29, 0.717) is 12.3 Å². The fourth-order valence-electron chi connectivity index (χ4n) is 0.641. The standard InChI is InChI=1S/C9H18ClNO2/c1-9(2,3)13-11-8(12)6-4-5-7-10/h4-7H2,1-3H3,(H,11,12). The number of hydrogen-bond acceptors (Lipinski definition) is 2.